The Balaban J connectivity index is 2.41. The number of carboxylic acid groups (broad SMARTS) is 1. The van der Waals surface area contributed by atoms with E-state index in [-0.39, 0.29) is 0 Å². The molecule has 1 aliphatic carbocycles. The predicted molar refractivity (Wildman–Crippen MR) is 66.6 cm³/mol. The van der Waals surface area contributed by atoms with Gasteiger partial charge in [-0.3, -0.25) is 0 Å². The number of carboxylic acids is 1. The summed E-state index contributed by atoms with van der Waals surface area (Å²) in [6.45, 7) is 4.80. The number of pyridine rings is 1. The van der Waals surface area contributed by atoms with E-state index in [2.05, 4.69) is 16.8 Å². The van der Waals surface area contributed by atoms with Gasteiger partial charge >= 0.3 is 5.97 Å². The van der Waals surface area contributed by atoms with Crippen LogP contribution in [0.4, 0.5) is 5.82 Å². The number of rotatable bonds is 5. The number of aromatic nitrogens is 1. The van der Waals surface area contributed by atoms with Crippen LogP contribution in [0, 0.1) is 6.92 Å². The summed E-state index contributed by atoms with van der Waals surface area (Å²) < 4.78 is 0. The smallest absolute Gasteiger partial charge is 0.339 e. The maximum Gasteiger partial charge on any atom is 0.339 e. The Morgan fingerprint density at radius 1 is 1.59 bits per heavy atom. The molecule has 0 atom stereocenters. The molecule has 1 aromatic rings. The monoisotopic (exact) mass is 234 g/mol. The van der Waals surface area contributed by atoms with Crippen molar-refractivity contribution >= 4 is 11.8 Å². The van der Waals surface area contributed by atoms with Crippen LogP contribution in [0.25, 0.3) is 0 Å². The number of hydrogen-bond donors (Lipinski definition) is 1. The van der Waals surface area contributed by atoms with Gasteiger partial charge < -0.3 is 10.0 Å². The second-order valence-electron chi connectivity index (χ2n) is 4.56. The van der Waals surface area contributed by atoms with Crippen molar-refractivity contribution in [3.05, 3.63) is 23.4 Å². The first-order valence-corrected chi connectivity index (χ1v) is 6.10. The third-order valence-electron chi connectivity index (χ3n) is 3.08. The second-order valence-corrected chi connectivity index (χ2v) is 4.56. The van der Waals surface area contributed by atoms with Crippen LogP contribution in [0.1, 0.15) is 42.1 Å². The number of carbonyl (C=O) groups is 1. The lowest BCUT2D eigenvalue weighted by molar-refractivity contribution is 0.0696. The third kappa shape index (κ3) is 2.40. The molecule has 1 saturated carbocycles. The standard InChI is InChI=1S/C13H18N2O2/c1-3-8-15(10-4-5-10)12-11(13(16)17)9(2)6-7-14-12/h6-7,10H,3-5,8H2,1-2H3,(H,16,17). The minimum atomic E-state index is -0.882. The highest BCUT2D eigenvalue weighted by Crippen LogP contribution is 2.33. The molecule has 1 aliphatic rings. The van der Waals surface area contributed by atoms with Crippen LogP contribution in [0.15, 0.2) is 12.3 Å². The molecule has 0 unspecified atom stereocenters. The first-order chi connectivity index (χ1) is 8.15. The number of anilines is 1. The van der Waals surface area contributed by atoms with Crippen molar-refractivity contribution in [3.63, 3.8) is 0 Å². The fraction of sp³-hybridized carbons (Fsp3) is 0.538. The van der Waals surface area contributed by atoms with Gasteiger partial charge in [-0.1, -0.05) is 6.92 Å². The van der Waals surface area contributed by atoms with Gasteiger partial charge in [0, 0.05) is 18.8 Å². The van der Waals surface area contributed by atoms with E-state index >= 15 is 0 Å². The van der Waals surface area contributed by atoms with Gasteiger partial charge in [0.05, 0.1) is 0 Å². The molecule has 92 valence electrons. The van der Waals surface area contributed by atoms with Gasteiger partial charge in [-0.05, 0) is 37.8 Å². The maximum absolute atomic E-state index is 11.3. The summed E-state index contributed by atoms with van der Waals surface area (Å²) in [6.07, 6.45) is 5.00. The summed E-state index contributed by atoms with van der Waals surface area (Å²) in [7, 11) is 0. The summed E-state index contributed by atoms with van der Waals surface area (Å²) in [5, 5.41) is 9.30. The van der Waals surface area contributed by atoms with E-state index in [4.69, 9.17) is 0 Å². The quantitative estimate of drug-likeness (QED) is 0.850. The summed E-state index contributed by atoms with van der Waals surface area (Å²) in [5.41, 5.74) is 1.14. The summed E-state index contributed by atoms with van der Waals surface area (Å²) in [5.74, 6) is -0.241. The van der Waals surface area contributed by atoms with Crippen LogP contribution >= 0.6 is 0 Å². The normalized spacial score (nSPS) is 14.7. The zero-order chi connectivity index (χ0) is 12.4. The van der Waals surface area contributed by atoms with Gasteiger partial charge in [-0.2, -0.15) is 0 Å². The van der Waals surface area contributed by atoms with Crippen LogP contribution < -0.4 is 4.90 Å². The van der Waals surface area contributed by atoms with Crippen molar-refractivity contribution < 1.29 is 9.90 Å². The first kappa shape index (κ1) is 11.9. The molecule has 1 aromatic heterocycles. The molecule has 0 aromatic carbocycles. The number of hydrogen-bond acceptors (Lipinski definition) is 3. The van der Waals surface area contributed by atoms with E-state index < -0.39 is 5.97 Å². The molecule has 0 spiro atoms. The second kappa shape index (κ2) is 4.73. The highest BCUT2D eigenvalue weighted by molar-refractivity contribution is 5.95. The van der Waals surface area contributed by atoms with Crippen LogP contribution in [0.3, 0.4) is 0 Å². The topological polar surface area (TPSA) is 53.4 Å². The molecule has 4 heteroatoms. The number of nitrogens with zero attached hydrogens (tertiary/aromatic N) is 2. The maximum atomic E-state index is 11.3. The Hall–Kier alpha value is -1.58. The number of aryl methyl sites for hydroxylation is 1. The predicted octanol–water partition coefficient (Wildman–Crippen LogP) is 2.47. The average molecular weight is 234 g/mol. The van der Waals surface area contributed by atoms with Gasteiger partial charge in [0.15, 0.2) is 0 Å². The van der Waals surface area contributed by atoms with Crippen LogP contribution in [-0.2, 0) is 0 Å². The van der Waals surface area contributed by atoms with Gasteiger partial charge in [0.1, 0.15) is 11.4 Å². The van der Waals surface area contributed by atoms with E-state index in [0.29, 0.717) is 17.4 Å². The van der Waals surface area contributed by atoms with Crippen LogP contribution in [-0.4, -0.2) is 28.6 Å². The van der Waals surface area contributed by atoms with Crippen molar-refractivity contribution in [2.75, 3.05) is 11.4 Å². The molecule has 2 rings (SSSR count). The van der Waals surface area contributed by atoms with E-state index in [0.717, 1.165) is 31.4 Å². The summed E-state index contributed by atoms with van der Waals surface area (Å²) >= 11 is 0. The molecule has 17 heavy (non-hydrogen) atoms. The SMILES string of the molecule is CCCN(c1nccc(C)c1C(=O)O)C1CC1. The Morgan fingerprint density at radius 2 is 2.29 bits per heavy atom. The van der Waals surface area contributed by atoms with E-state index in [1.165, 1.54) is 0 Å². The minimum Gasteiger partial charge on any atom is -0.478 e. The summed E-state index contributed by atoms with van der Waals surface area (Å²) in [4.78, 5) is 17.8. The van der Waals surface area contributed by atoms with Crippen molar-refractivity contribution in [2.45, 2.75) is 39.2 Å². The zero-order valence-corrected chi connectivity index (χ0v) is 10.3. The largest absolute Gasteiger partial charge is 0.478 e. The molecule has 0 amide bonds. The van der Waals surface area contributed by atoms with Crippen LogP contribution in [0.5, 0.6) is 0 Å². The van der Waals surface area contributed by atoms with Gasteiger partial charge in [0.2, 0.25) is 0 Å². The molecule has 0 bridgehead atoms. The van der Waals surface area contributed by atoms with E-state index in [1.54, 1.807) is 12.3 Å². The molecule has 0 saturated heterocycles. The van der Waals surface area contributed by atoms with Crippen LogP contribution in [0.2, 0.25) is 0 Å². The molecular weight excluding hydrogens is 216 g/mol. The Morgan fingerprint density at radius 3 is 2.82 bits per heavy atom. The minimum absolute atomic E-state index is 0.354. The Kier molecular flexibility index (Phi) is 3.31. The highest BCUT2D eigenvalue weighted by Gasteiger charge is 2.32. The average Bonchev–Trinajstić information content (AvgIpc) is 3.08. The van der Waals surface area contributed by atoms with Gasteiger partial charge in [-0.15, -0.1) is 0 Å². The fourth-order valence-corrected chi connectivity index (χ4v) is 2.11. The molecule has 0 radical (unpaired) electrons. The number of aromatic carboxylic acids is 1. The fourth-order valence-electron chi connectivity index (χ4n) is 2.11. The lowest BCUT2D eigenvalue weighted by Crippen LogP contribution is -2.29. The summed E-state index contributed by atoms with van der Waals surface area (Å²) in [6, 6.07) is 2.24. The molecule has 1 heterocycles. The molecule has 1 N–H and O–H groups in total. The zero-order valence-electron chi connectivity index (χ0n) is 10.3. The Labute approximate surface area is 101 Å². The van der Waals surface area contributed by atoms with Gasteiger partial charge in [0.25, 0.3) is 0 Å². The highest BCUT2D eigenvalue weighted by atomic mass is 16.4. The Bertz CT molecular complexity index is 427. The first-order valence-electron chi connectivity index (χ1n) is 6.10. The molecule has 0 aliphatic heterocycles. The van der Waals surface area contributed by atoms with E-state index in [1.807, 2.05) is 6.92 Å². The van der Waals surface area contributed by atoms with Crippen molar-refractivity contribution in [3.8, 4) is 0 Å². The lowest BCUT2D eigenvalue weighted by Gasteiger charge is -2.24. The molecule has 4 nitrogen and oxygen atoms in total. The third-order valence-corrected chi connectivity index (χ3v) is 3.08. The molecular formula is C13H18N2O2. The molecule has 1 fully saturated rings. The van der Waals surface area contributed by atoms with Crippen molar-refractivity contribution in [1.29, 1.82) is 0 Å². The van der Waals surface area contributed by atoms with Crippen molar-refractivity contribution in [2.24, 2.45) is 0 Å². The van der Waals surface area contributed by atoms with Crippen molar-refractivity contribution in [1.82, 2.24) is 4.98 Å². The van der Waals surface area contributed by atoms with E-state index in [9.17, 15) is 9.90 Å². The lowest BCUT2D eigenvalue weighted by atomic mass is 10.1. The van der Waals surface area contributed by atoms with Gasteiger partial charge in [-0.25, -0.2) is 9.78 Å².